The Labute approximate surface area is 89.2 Å². The fourth-order valence-electron chi connectivity index (χ4n) is 0.969. The Morgan fingerprint density at radius 2 is 2.15 bits per heavy atom. The fourth-order valence-corrected chi connectivity index (χ4v) is 1.56. The van der Waals surface area contributed by atoms with Gasteiger partial charge in [0.1, 0.15) is 0 Å². The van der Waals surface area contributed by atoms with Crippen molar-refractivity contribution in [3.8, 4) is 5.75 Å². The quantitative estimate of drug-likeness (QED) is 0.619. The minimum atomic E-state index is -0.588. The van der Waals surface area contributed by atoms with Crippen molar-refractivity contribution in [1.82, 2.24) is 0 Å². The monoisotopic (exact) mass is 294 g/mol. The molecular weight excluding hydrogens is 286 g/mol. The van der Waals surface area contributed by atoms with Gasteiger partial charge in [-0.3, -0.25) is 4.79 Å². The molecule has 0 spiro atoms. The van der Waals surface area contributed by atoms with E-state index in [1.807, 2.05) is 22.6 Å². The van der Waals surface area contributed by atoms with Crippen LogP contribution in [0.1, 0.15) is 17.3 Å². The van der Waals surface area contributed by atoms with Gasteiger partial charge in [0.2, 0.25) is 0 Å². The molecule has 1 aromatic carbocycles. The molecule has 0 atom stereocenters. The van der Waals surface area contributed by atoms with E-state index in [1.54, 1.807) is 6.07 Å². The van der Waals surface area contributed by atoms with Crippen LogP contribution in [0.2, 0.25) is 0 Å². The van der Waals surface area contributed by atoms with E-state index in [4.69, 9.17) is 4.74 Å². The number of halogens is 2. The molecule has 0 aliphatic rings. The summed E-state index contributed by atoms with van der Waals surface area (Å²) in [5.41, 5.74) is 0.0729. The molecule has 0 N–H and O–H groups in total. The van der Waals surface area contributed by atoms with Gasteiger partial charge in [-0.15, -0.1) is 0 Å². The molecule has 0 amide bonds. The van der Waals surface area contributed by atoms with Gasteiger partial charge in [0.05, 0.1) is 12.7 Å². The van der Waals surface area contributed by atoms with Crippen molar-refractivity contribution in [1.29, 1.82) is 0 Å². The van der Waals surface area contributed by atoms with Crippen molar-refractivity contribution in [2.24, 2.45) is 0 Å². The third-order valence-corrected chi connectivity index (χ3v) is 2.23. The molecule has 0 saturated heterocycles. The van der Waals surface area contributed by atoms with E-state index >= 15 is 0 Å². The molecule has 0 aliphatic heterocycles. The maximum Gasteiger partial charge on any atom is 0.175 e. The number of hydrogen-bond donors (Lipinski definition) is 0. The molecule has 2 nitrogen and oxygen atoms in total. The summed E-state index contributed by atoms with van der Waals surface area (Å²) in [5.74, 6) is -0.776. The van der Waals surface area contributed by atoms with Gasteiger partial charge in [0.25, 0.3) is 0 Å². The van der Waals surface area contributed by atoms with Gasteiger partial charge in [0, 0.05) is 3.57 Å². The lowest BCUT2D eigenvalue weighted by Gasteiger charge is -2.05. The normalized spacial score (nSPS) is 9.85. The van der Waals surface area contributed by atoms with E-state index in [-0.39, 0.29) is 17.1 Å². The van der Waals surface area contributed by atoms with E-state index in [0.29, 0.717) is 0 Å². The SMILES string of the molecule is COc1cc(I)cc(C(C)=O)c1F. The number of ether oxygens (including phenoxy) is 1. The van der Waals surface area contributed by atoms with Crippen LogP contribution in [0, 0.1) is 9.39 Å². The lowest BCUT2D eigenvalue weighted by molar-refractivity contribution is 0.101. The minimum Gasteiger partial charge on any atom is -0.494 e. The largest absolute Gasteiger partial charge is 0.494 e. The van der Waals surface area contributed by atoms with Gasteiger partial charge in [-0.1, -0.05) is 0 Å². The highest BCUT2D eigenvalue weighted by molar-refractivity contribution is 14.1. The van der Waals surface area contributed by atoms with Crippen molar-refractivity contribution >= 4 is 28.4 Å². The van der Waals surface area contributed by atoms with Gasteiger partial charge in [-0.05, 0) is 41.6 Å². The first-order chi connectivity index (χ1) is 6.06. The van der Waals surface area contributed by atoms with Gasteiger partial charge in [-0.25, -0.2) is 4.39 Å². The van der Waals surface area contributed by atoms with Gasteiger partial charge in [0.15, 0.2) is 17.3 Å². The minimum absolute atomic E-state index is 0.0729. The van der Waals surface area contributed by atoms with Crippen LogP contribution in [0.3, 0.4) is 0 Å². The summed E-state index contributed by atoms with van der Waals surface area (Å²) in [6, 6.07) is 3.04. The highest BCUT2D eigenvalue weighted by atomic mass is 127. The van der Waals surface area contributed by atoms with Crippen LogP contribution < -0.4 is 4.74 Å². The average Bonchev–Trinajstić information content (AvgIpc) is 2.08. The molecule has 4 heteroatoms. The standard InChI is InChI=1S/C9H8FIO2/c1-5(12)7-3-6(11)4-8(13-2)9(7)10/h3-4H,1-2H3. The van der Waals surface area contributed by atoms with Gasteiger partial charge < -0.3 is 4.74 Å². The zero-order chi connectivity index (χ0) is 10.0. The zero-order valence-corrected chi connectivity index (χ0v) is 9.38. The third kappa shape index (κ3) is 2.18. The number of Topliss-reactive ketones (excluding diaryl/α,β-unsaturated/α-hetero) is 1. The first-order valence-corrected chi connectivity index (χ1v) is 4.68. The molecule has 70 valence electrons. The second kappa shape index (κ2) is 4.04. The van der Waals surface area contributed by atoms with Crippen LogP contribution in [-0.2, 0) is 0 Å². The second-order valence-electron chi connectivity index (χ2n) is 2.53. The Morgan fingerprint density at radius 3 is 2.62 bits per heavy atom. The maximum atomic E-state index is 13.4. The molecule has 0 heterocycles. The molecule has 0 saturated carbocycles. The lowest BCUT2D eigenvalue weighted by Crippen LogP contribution is -2.00. The zero-order valence-electron chi connectivity index (χ0n) is 7.23. The summed E-state index contributed by atoms with van der Waals surface area (Å²) in [5, 5.41) is 0. The second-order valence-corrected chi connectivity index (χ2v) is 3.77. The number of carbonyl (C=O) groups is 1. The molecule has 0 unspecified atom stereocenters. The molecule has 0 aromatic heterocycles. The molecule has 0 radical (unpaired) electrons. The summed E-state index contributed by atoms with van der Waals surface area (Å²) < 4.78 is 18.9. The summed E-state index contributed by atoms with van der Waals surface area (Å²) >= 11 is 2.01. The van der Waals surface area contributed by atoms with Crippen LogP contribution in [0.5, 0.6) is 5.75 Å². The molecule has 0 bridgehead atoms. The molecule has 1 rings (SSSR count). The Hall–Kier alpha value is -0.650. The summed E-state index contributed by atoms with van der Waals surface area (Å²) in [7, 11) is 1.37. The Balaban J connectivity index is 3.35. The number of methoxy groups -OCH3 is 1. The van der Waals surface area contributed by atoms with Crippen molar-refractivity contribution in [2.45, 2.75) is 6.92 Å². The topological polar surface area (TPSA) is 26.3 Å². The predicted octanol–water partition coefficient (Wildman–Crippen LogP) is 2.64. The number of hydrogen-bond acceptors (Lipinski definition) is 2. The average molecular weight is 294 g/mol. The van der Waals surface area contributed by atoms with E-state index in [0.717, 1.165) is 3.57 Å². The van der Waals surface area contributed by atoms with Gasteiger partial charge in [-0.2, -0.15) is 0 Å². The van der Waals surface area contributed by atoms with Crippen molar-refractivity contribution in [3.63, 3.8) is 0 Å². The highest BCUT2D eigenvalue weighted by Crippen LogP contribution is 2.24. The lowest BCUT2D eigenvalue weighted by atomic mass is 10.1. The van der Waals surface area contributed by atoms with Crippen LogP contribution >= 0.6 is 22.6 Å². The predicted molar refractivity (Wildman–Crippen MR) is 55.7 cm³/mol. The van der Waals surface area contributed by atoms with Crippen LogP contribution in [-0.4, -0.2) is 12.9 Å². The number of ketones is 1. The molecule has 1 aromatic rings. The first-order valence-electron chi connectivity index (χ1n) is 3.60. The Bertz CT molecular complexity index is 350. The fraction of sp³-hybridized carbons (Fsp3) is 0.222. The Morgan fingerprint density at radius 1 is 1.54 bits per heavy atom. The number of carbonyl (C=O) groups excluding carboxylic acids is 1. The smallest absolute Gasteiger partial charge is 0.175 e. The first kappa shape index (κ1) is 10.4. The molecule has 13 heavy (non-hydrogen) atoms. The van der Waals surface area contributed by atoms with E-state index in [2.05, 4.69) is 0 Å². The third-order valence-electron chi connectivity index (χ3n) is 1.60. The van der Waals surface area contributed by atoms with Gasteiger partial charge >= 0.3 is 0 Å². The van der Waals surface area contributed by atoms with Crippen molar-refractivity contribution in [2.75, 3.05) is 7.11 Å². The number of rotatable bonds is 2. The number of benzene rings is 1. The molecular formula is C9H8FIO2. The Kier molecular flexibility index (Phi) is 3.24. The summed E-state index contributed by atoms with van der Waals surface area (Å²) in [6.45, 7) is 1.33. The van der Waals surface area contributed by atoms with Crippen molar-refractivity contribution < 1.29 is 13.9 Å². The van der Waals surface area contributed by atoms with E-state index in [1.165, 1.54) is 20.1 Å². The van der Waals surface area contributed by atoms with Crippen LogP contribution in [0.15, 0.2) is 12.1 Å². The summed E-state index contributed by atoms with van der Waals surface area (Å²) in [6.07, 6.45) is 0. The van der Waals surface area contributed by atoms with E-state index < -0.39 is 5.82 Å². The van der Waals surface area contributed by atoms with Crippen LogP contribution in [0.4, 0.5) is 4.39 Å². The summed E-state index contributed by atoms with van der Waals surface area (Å²) in [4.78, 5) is 11.0. The highest BCUT2D eigenvalue weighted by Gasteiger charge is 2.13. The van der Waals surface area contributed by atoms with Crippen LogP contribution in [0.25, 0.3) is 0 Å². The maximum absolute atomic E-state index is 13.4. The van der Waals surface area contributed by atoms with Crippen molar-refractivity contribution in [3.05, 3.63) is 27.1 Å². The van der Waals surface area contributed by atoms with E-state index in [9.17, 15) is 9.18 Å². The molecule has 0 fully saturated rings. The molecule has 0 aliphatic carbocycles.